The summed E-state index contributed by atoms with van der Waals surface area (Å²) in [5.74, 6) is 1.42. The van der Waals surface area contributed by atoms with Gasteiger partial charge in [0.2, 0.25) is 0 Å². The van der Waals surface area contributed by atoms with Crippen molar-refractivity contribution in [1.29, 1.82) is 0 Å². The van der Waals surface area contributed by atoms with Crippen LogP contribution in [-0.2, 0) is 9.59 Å². The summed E-state index contributed by atoms with van der Waals surface area (Å²) in [6.07, 6.45) is 7.96. The van der Waals surface area contributed by atoms with Gasteiger partial charge in [0.15, 0.2) is 5.78 Å². The van der Waals surface area contributed by atoms with E-state index in [0.717, 1.165) is 11.1 Å². The van der Waals surface area contributed by atoms with Crippen LogP contribution in [0.1, 0.15) is 47.5 Å². The standard InChI is InChI=1S/C19H24O3/c1-7-8-13-12(4)14(10-15(13)20)19(17(21)22)16(9-11(2)3)18(19,5)6/h1,9,14,16H,8,10H2,2-6H3,(H,21,22)/t14-,16?,19?/m0/s1. The Morgan fingerprint density at radius 2 is 2.05 bits per heavy atom. The van der Waals surface area contributed by atoms with Crippen molar-refractivity contribution >= 4 is 11.8 Å². The molecule has 2 unspecified atom stereocenters. The second-order valence-electron chi connectivity index (χ2n) is 7.34. The van der Waals surface area contributed by atoms with Crippen molar-refractivity contribution < 1.29 is 14.7 Å². The fraction of sp³-hybridized carbons (Fsp3) is 0.579. The summed E-state index contributed by atoms with van der Waals surface area (Å²) >= 11 is 0. The van der Waals surface area contributed by atoms with E-state index in [9.17, 15) is 14.7 Å². The molecule has 3 atom stereocenters. The Balaban J connectivity index is 2.53. The van der Waals surface area contributed by atoms with Crippen LogP contribution in [0.25, 0.3) is 0 Å². The quantitative estimate of drug-likeness (QED) is 0.637. The molecule has 22 heavy (non-hydrogen) atoms. The number of carboxylic acid groups (broad SMARTS) is 1. The summed E-state index contributed by atoms with van der Waals surface area (Å²) in [5, 5.41) is 10.00. The van der Waals surface area contributed by atoms with Crippen molar-refractivity contribution in [2.24, 2.45) is 22.7 Å². The Kier molecular flexibility index (Phi) is 3.85. The number of hydrogen-bond donors (Lipinski definition) is 1. The number of allylic oxidation sites excluding steroid dienone is 4. The van der Waals surface area contributed by atoms with Crippen LogP contribution < -0.4 is 0 Å². The van der Waals surface area contributed by atoms with Crippen LogP contribution >= 0.6 is 0 Å². The van der Waals surface area contributed by atoms with Crippen molar-refractivity contribution in [3.8, 4) is 12.3 Å². The highest BCUT2D eigenvalue weighted by atomic mass is 16.4. The second-order valence-corrected chi connectivity index (χ2v) is 7.34. The zero-order chi connectivity index (χ0) is 16.9. The van der Waals surface area contributed by atoms with Gasteiger partial charge in [0.05, 0.1) is 5.41 Å². The molecule has 2 aliphatic rings. The Morgan fingerprint density at radius 3 is 2.50 bits per heavy atom. The second kappa shape index (κ2) is 5.12. The molecule has 0 aromatic heterocycles. The molecule has 0 heterocycles. The van der Waals surface area contributed by atoms with Crippen LogP contribution in [0.5, 0.6) is 0 Å². The van der Waals surface area contributed by atoms with Crippen molar-refractivity contribution in [3.63, 3.8) is 0 Å². The number of carbonyl (C=O) groups is 2. The first kappa shape index (κ1) is 16.5. The molecule has 0 spiro atoms. The van der Waals surface area contributed by atoms with E-state index in [4.69, 9.17) is 6.42 Å². The predicted molar refractivity (Wildman–Crippen MR) is 86.0 cm³/mol. The largest absolute Gasteiger partial charge is 0.481 e. The van der Waals surface area contributed by atoms with Gasteiger partial charge in [-0.05, 0) is 26.2 Å². The van der Waals surface area contributed by atoms with E-state index in [1.807, 2.05) is 40.7 Å². The molecular weight excluding hydrogens is 276 g/mol. The first-order chi connectivity index (χ1) is 10.1. The molecule has 3 heteroatoms. The van der Waals surface area contributed by atoms with Crippen molar-refractivity contribution in [2.75, 3.05) is 0 Å². The maximum Gasteiger partial charge on any atom is 0.311 e. The van der Waals surface area contributed by atoms with Crippen LogP contribution in [0, 0.1) is 35.0 Å². The summed E-state index contributed by atoms with van der Waals surface area (Å²) in [6, 6.07) is 0. The van der Waals surface area contributed by atoms with Crippen LogP contribution in [0.2, 0.25) is 0 Å². The summed E-state index contributed by atoms with van der Waals surface area (Å²) in [7, 11) is 0. The zero-order valence-electron chi connectivity index (χ0n) is 14.0. The van der Waals surface area contributed by atoms with E-state index >= 15 is 0 Å². The Bertz CT molecular complexity index is 638. The van der Waals surface area contributed by atoms with Gasteiger partial charge in [0, 0.05) is 30.3 Å². The molecular formula is C19H24O3. The van der Waals surface area contributed by atoms with Gasteiger partial charge in [0.1, 0.15) is 0 Å². The van der Waals surface area contributed by atoms with Crippen LogP contribution in [-0.4, -0.2) is 16.9 Å². The first-order valence-corrected chi connectivity index (χ1v) is 7.67. The summed E-state index contributed by atoms with van der Waals surface area (Å²) < 4.78 is 0. The van der Waals surface area contributed by atoms with Crippen molar-refractivity contribution in [2.45, 2.75) is 47.5 Å². The third-order valence-electron chi connectivity index (χ3n) is 5.66. The lowest BCUT2D eigenvalue weighted by atomic mass is 9.78. The number of ketones is 1. The summed E-state index contributed by atoms with van der Waals surface area (Å²) in [5.41, 5.74) is 1.36. The first-order valence-electron chi connectivity index (χ1n) is 7.67. The van der Waals surface area contributed by atoms with E-state index in [1.165, 1.54) is 0 Å². The van der Waals surface area contributed by atoms with Gasteiger partial charge >= 0.3 is 5.97 Å². The molecule has 1 saturated carbocycles. The van der Waals surface area contributed by atoms with Gasteiger partial charge in [-0.15, -0.1) is 12.3 Å². The molecule has 2 rings (SSSR count). The van der Waals surface area contributed by atoms with Crippen LogP contribution in [0.15, 0.2) is 22.8 Å². The maximum atomic E-state index is 12.3. The molecule has 1 fully saturated rings. The molecule has 0 saturated heterocycles. The molecule has 0 aromatic rings. The third kappa shape index (κ3) is 1.97. The number of hydrogen-bond acceptors (Lipinski definition) is 2. The molecule has 2 aliphatic carbocycles. The van der Waals surface area contributed by atoms with E-state index < -0.39 is 11.4 Å². The number of carboxylic acids is 1. The number of terminal acetylenes is 1. The zero-order valence-corrected chi connectivity index (χ0v) is 14.0. The molecule has 0 aromatic carbocycles. The van der Waals surface area contributed by atoms with Crippen molar-refractivity contribution in [1.82, 2.24) is 0 Å². The van der Waals surface area contributed by atoms with E-state index in [2.05, 4.69) is 5.92 Å². The fourth-order valence-corrected chi connectivity index (χ4v) is 4.47. The molecule has 3 nitrogen and oxygen atoms in total. The van der Waals surface area contributed by atoms with Gasteiger partial charge in [0.25, 0.3) is 0 Å². The van der Waals surface area contributed by atoms with Crippen LogP contribution in [0.3, 0.4) is 0 Å². The lowest BCUT2D eigenvalue weighted by Gasteiger charge is -2.24. The smallest absolute Gasteiger partial charge is 0.311 e. The van der Waals surface area contributed by atoms with Gasteiger partial charge in [-0.2, -0.15) is 0 Å². The number of rotatable bonds is 4. The highest BCUT2D eigenvalue weighted by Crippen LogP contribution is 2.75. The topological polar surface area (TPSA) is 54.4 Å². The molecule has 1 N–H and O–H groups in total. The molecule has 118 valence electrons. The summed E-state index contributed by atoms with van der Waals surface area (Å²) in [4.78, 5) is 24.5. The number of carbonyl (C=O) groups excluding carboxylic acids is 1. The number of aliphatic carboxylic acids is 1. The maximum absolute atomic E-state index is 12.3. The highest BCUT2D eigenvalue weighted by molar-refractivity contribution is 6.01. The lowest BCUT2D eigenvalue weighted by molar-refractivity contribution is -0.147. The van der Waals surface area contributed by atoms with E-state index in [0.29, 0.717) is 12.0 Å². The lowest BCUT2D eigenvalue weighted by Crippen LogP contribution is -2.31. The Labute approximate surface area is 132 Å². The normalized spacial score (nSPS) is 32.6. The van der Waals surface area contributed by atoms with Gasteiger partial charge in [-0.3, -0.25) is 9.59 Å². The van der Waals surface area contributed by atoms with Crippen molar-refractivity contribution in [3.05, 3.63) is 22.8 Å². The third-order valence-corrected chi connectivity index (χ3v) is 5.66. The fourth-order valence-electron chi connectivity index (χ4n) is 4.47. The monoisotopic (exact) mass is 300 g/mol. The number of Topliss-reactive ketones (excluding diaryl/α,β-unsaturated/α-hetero) is 1. The SMILES string of the molecule is C#CCC1=C(C)[C@@H](C2(C(=O)O)C(C=C(C)C)C2(C)C)CC1=O. The minimum atomic E-state index is -0.902. The average molecular weight is 300 g/mol. The van der Waals surface area contributed by atoms with Gasteiger partial charge in [-0.25, -0.2) is 0 Å². The Morgan fingerprint density at radius 1 is 1.45 bits per heavy atom. The minimum Gasteiger partial charge on any atom is -0.481 e. The minimum absolute atomic E-state index is 0.0136. The highest BCUT2D eigenvalue weighted by Gasteiger charge is 2.78. The van der Waals surface area contributed by atoms with E-state index in [1.54, 1.807) is 0 Å². The molecule has 0 radical (unpaired) electrons. The van der Waals surface area contributed by atoms with Crippen LogP contribution in [0.4, 0.5) is 0 Å². The molecule has 0 bridgehead atoms. The molecule has 0 aliphatic heterocycles. The molecule has 0 amide bonds. The Hall–Kier alpha value is -1.82. The predicted octanol–water partition coefficient (Wildman–Crippen LogP) is 3.61. The summed E-state index contributed by atoms with van der Waals surface area (Å²) in [6.45, 7) is 9.81. The van der Waals surface area contributed by atoms with Gasteiger partial charge < -0.3 is 5.11 Å². The van der Waals surface area contributed by atoms with E-state index in [-0.39, 0.29) is 29.5 Å². The average Bonchev–Trinajstić information content (AvgIpc) is 2.73. The van der Waals surface area contributed by atoms with Gasteiger partial charge in [-0.1, -0.05) is 31.1 Å².